The summed E-state index contributed by atoms with van der Waals surface area (Å²) in [5, 5.41) is 3.78. The number of nitrogens with two attached hydrogens (primary N) is 2. The number of para-hydroxylation sites is 2. The number of hydrogen-bond donors (Lipinski definition) is 3. The minimum Gasteiger partial charge on any atom is -0.397 e. The molecule has 2 aliphatic heterocycles. The zero-order valence-electron chi connectivity index (χ0n) is 20.6. The molecule has 0 bridgehead atoms. The van der Waals surface area contributed by atoms with Gasteiger partial charge in [0.05, 0.1) is 34.2 Å². The number of aromatic nitrogens is 2. The molecule has 2 aromatic heterocycles. The molecular formula is C29H28ClN7. The Morgan fingerprint density at radius 2 is 1.35 bits per heavy atom. The smallest absolute Gasteiger partial charge is 0.129 e. The van der Waals surface area contributed by atoms with E-state index in [-0.39, 0.29) is 0 Å². The van der Waals surface area contributed by atoms with E-state index in [1.165, 1.54) is 5.56 Å². The van der Waals surface area contributed by atoms with Crippen molar-refractivity contribution in [3.8, 4) is 0 Å². The van der Waals surface area contributed by atoms with Crippen molar-refractivity contribution in [2.24, 2.45) is 9.98 Å². The Bertz CT molecular complexity index is 1510. The monoisotopic (exact) mass is 509 g/mol. The molecule has 0 saturated heterocycles. The quantitative estimate of drug-likeness (QED) is 0.220. The van der Waals surface area contributed by atoms with Gasteiger partial charge in [-0.2, -0.15) is 0 Å². The molecular weight excluding hydrogens is 482 g/mol. The lowest BCUT2D eigenvalue weighted by Crippen LogP contribution is -2.05. The lowest BCUT2D eigenvalue weighted by Gasteiger charge is -2.06. The lowest BCUT2D eigenvalue weighted by atomic mass is 10.0. The van der Waals surface area contributed by atoms with Crippen LogP contribution in [0.1, 0.15) is 35.6 Å². The summed E-state index contributed by atoms with van der Waals surface area (Å²) in [7, 11) is 0. The van der Waals surface area contributed by atoms with E-state index in [1.807, 2.05) is 54.7 Å². The predicted octanol–water partition coefficient (Wildman–Crippen LogP) is 6.16. The van der Waals surface area contributed by atoms with Crippen LogP contribution in [-0.2, 0) is 12.8 Å². The first kappa shape index (κ1) is 24.5. The Balaban J connectivity index is 0.000000153. The Kier molecular flexibility index (Phi) is 7.14. The molecule has 186 valence electrons. The third kappa shape index (κ3) is 5.47. The second-order valence-electron chi connectivity index (χ2n) is 8.90. The zero-order valence-corrected chi connectivity index (χ0v) is 21.3. The Morgan fingerprint density at radius 1 is 0.784 bits per heavy atom. The molecule has 0 spiro atoms. The number of nitrogens with one attached hydrogen (secondary N) is 1. The molecule has 5 N–H and O–H groups in total. The van der Waals surface area contributed by atoms with Crippen molar-refractivity contribution in [2.75, 3.05) is 23.3 Å². The van der Waals surface area contributed by atoms with Gasteiger partial charge in [0.1, 0.15) is 11.0 Å². The molecule has 8 heteroatoms. The first-order valence-corrected chi connectivity index (χ1v) is 12.6. The van der Waals surface area contributed by atoms with Gasteiger partial charge in [0.25, 0.3) is 0 Å². The molecule has 4 aromatic rings. The second-order valence-corrected chi connectivity index (χ2v) is 9.29. The number of hydrogen-bond acceptors (Lipinski definition) is 7. The predicted molar refractivity (Wildman–Crippen MR) is 154 cm³/mol. The van der Waals surface area contributed by atoms with Gasteiger partial charge in [0.15, 0.2) is 0 Å². The van der Waals surface area contributed by atoms with Gasteiger partial charge in [-0.05, 0) is 53.9 Å². The van der Waals surface area contributed by atoms with E-state index in [4.69, 9.17) is 23.1 Å². The highest BCUT2D eigenvalue weighted by molar-refractivity contribution is 6.29. The van der Waals surface area contributed by atoms with Crippen molar-refractivity contribution in [1.29, 1.82) is 0 Å². The van der Waals surface area contributed by atoms with E-state index in [0.29, 0.717) is 5.15 Å². The van der Waals surface area contributed by atoms with E-state index in [0.717, 1.165) is 82.5 Å². The molecule has 0 atom stereocenters. The van der Waals surface area contributed by atoms with E-state index in [9.17, 15) is 0 Å². The third-order valence-electron chi connectivity index (χ3n) is 6.22. The Labute approximate surface area is 221 Å². The summed E-state index contributed by atoms with van der Waals surface area (Å²) >= 11 is 5.88. The molecule has 0 saturated carbocycles. The summed E-state index contributed by atoms with van der Waals surface area (Å²) in [6.45, 7) is 3.06. The van der Waals surface area contributed by atoms with Crippen LogP contribution in [0, 0.1) is 0 Å². The summed E-state index contributed by atoms with van der Waals surface area (Å²) in [5.41, 5.74) is 21.6. The number of fused-ring (bicyclic) bond motifs is 2. The van der Waals surface area contributed by atoms with Crippen LogP contribution < -0.4 is 16.8 Å². The average molecular weight is 510 g/mol. The third-order valence-corrected chi connectivity index (χ3v) is 6.43. The van der Waals surface area contributed by atoms with Gasteiger partial charge >= 0.3 is 0 Å². The molecule has 6 rings (SSSR count). The molecule has 2 aromatic carbocycles. The van der Waals surface area contributed by atoms with Crippen LogP contribution in [0.4, 0.5) is 28.6 Å². The van der Waals surface area contributed by atoms with Crippen molar-refractivity contribution in [2.45, 2.75) is 26.2 Å². The number of nitrogens with zero attached hydrogens (tertiary/aromatic N) is 4. The van der Waals surface area contributed by atoms with Crippen molar-refractivity contribution in [1.82, 2.24) is 9.97 Å². The standard InChI is InChI=1S/C16H18N4.C13H10ClN3/c1-2-7-18-15-10-11(6-8-19-15)14-9-12-4-3-5-13(17)16(12)20-14;14-12-7-8(4-5-16-12)11-6-9-2-1-3-10(15)13(9)17-11/h3-6,8,10H,2,7,9,17H2,1H3,(H,18,19);1-5,7H,6,15H2. The first-order valence-electron chi connectivity index (χ1n) is 12.2. The maximum absolute atomic E-state index is 5.98. The van der Waals surface area contributed by atoms with E-state index in [2.05, 4.69) is 44.3 Å². The molecule has 0 unspecified atom stereocenters. The number of halogens is 1. The highest BCUT2D eigenvalue weighted by Crippen LogP contribution is 2.35. The van der Waals surface area contributed by atoms with Crippen LogP contribution in [-0.4, -0.2) is 27.9 Å². The van der Waals surface area contributed by atoms with Crippen LogP contribution in [0.2, 0.25) is 5.15 Å². The number of benzene rings is 2. The minimum atomic E-state index is 0.481. The van der Waals surface area contributed by atoms with Gasteiger partial charge in [-0.25, -0.2) is 9.97 Å². The van der Waals surface area contributed by atoms with Gasteiger partial charge in [-0.1, -0.05) is 42.8 Å². The van der Waals surface area contributed by atoms with Crippen LogP contribution in [0.15, 0.2) is 83.0 Å². The number of nitrogen functional groups attached to an aromatic ring is 2. The fourth-order valence-electron chi connectivity index (χ4n) is 4.37. The fourth-order valence-corrected chi connectivity index (χ4v) is 4.54. The van der Waals surface area contributed by atoms with Crippen molar-refractivity contribution in [3.63, 3.8) is 0 Å². The molecule has 4 heterocycles. The summed E-state index contributed by atoms with van der Waals surface area (Å²) in [5.74, 6) is 0.899. The molecule has 0 aliphatic carbocycles. The van der Waals surface area contributed by atoms with Crippen LogP contribution >= 0.6 is 11.6 Å². The van der Waals surface area contributed by atoms with E-state index in [1.54, 1.807) is 6.20 Å². The average Bonchev–Trinajstić information content (AvgIpc) is 3.55. The summed E-state index contributed by atoms with van der Waals surface area (Å²) in [6, 6.07) is 19.6. The van der Waals surface area contributed by atoms with Crippen LogP contribution in [0.5, 0.6) is 0 Å². The first-order chi connectivity index (χ1) is 18.0. The molecule has 0 fully saturated rings. The van der Waals surface area contributed by atoms with Crippen molar-refractivity contribution in [3.05, 3.63) is 100 Å². The Morgan fingerprint density at radius 3 is 1.89 bits per heavy atom. The summed E-state index contributed by atoms with van der Waals surface area (Å²) < 4.78 is 0. The van der Waals surface area contributed by atoms with Gasteiger partial charge in [0, 0.05) is 42.9 Å². The molecule has 7 nitrogen and oxygen atoms in total. The highest BCUT2D eigenvalue weighted by atomic mass is 35.5. The second kappa shape index (κ2) is 10.8. The largest absolute Gasteiger partial charge is 0.397 e. The van der Waals surface area contributed by atoms with Gasteiger partial charge in [-0.15, -0.1) is 0 Å². The minimum absolute atomic E-state index is 0.481. The topological polar surface area (TPSA) is 115 Å². The molecule has 37 heavy (non-hydrogen) atoms. The normalized spacial score (nSPS) is 13.1. The number of pyridine rings is 2. The van der Waals surface area contributed by atoms with Gasteiger partial charge in [-0.3, -0.25) is 9.98 Å². The molecule has 2 aliphatic rings. The maximum Gasteiger partial charge on any atom is 0.129 e. The van der Waals surface area contributed by atoms with Gasteiger partial charge < -0.3 is 16.8 Å². The SMILES string of the molecule is CCCNc1cc(C2=Nc3c(N)cccc3C2)ccn1.Nc1cccc2c1N=C(c1ccnc(Cl)c1)C2. The van der Waals surface area contributed by atoms with E-state index >= 15 is 0 Å². The highest BCUT2D eigenvalue weighted by Gasteiger charge is 2.19. The number of aliphatic imine (C=N–C) groups is 2. The zero-order chi connectivity index (χ0) is 25.8. The van der Waals surface area contributed by atoms with Crippen LogP contribution in [0.3, 0.4) is 0 Å². The van der Waals surface area contributed by atoms with Crippen LogP contribution in [0.25, 0.3) is 0 Å². The number of anilines is 3. The van der Waals surface area contributed by atoms with Gasteiger partial charge in [0.2, 0.25) is 0 Å². The summed E-state index contributed by atoms with van der Waals surface area (Å²) in [4.78, 5) is 17.5. The van der Waals surface area contributed by atoms with E-state index < -0.39 is 0 Å². The Hall–Kier alpha value is -4.23. The van der Waals surface area contributed by atoms with Crippen molar-refractivity contribution < 1.29 is 0 Å². The fraction of sp³-hybridized carbons (Fsp3) is 0.172. The van der Waals surface area contributed by atoms with Crippen molar-refractivity contribution >= 4 is 51.6 Å². The summed E-state index contributed by atoms with van der Waals surface area (Å²) in [6.07, 6.45) is 6.21. The maximum atomic E-state index is 5.98. The lowest BCUT2D eigenvalue weighted by molar-refractivity contribution is 0.969. The molecule has 0 radical (unpaired) electrons. The molecule has 0 amide bonds. The number of rotatable bonds is 5.